The first-order chi connectivity index (χ1) is 3.63. The zero-order valence-electron chi connectivity index (χ0n) is 5.03. The van der Waals surface area contributed by atoms with E-state index in [0.717, 1.165) is 6.92 Å². The summed E-state index contributed by atoms with van der Waals surface area (Å²) >= 11 is 0. The van der Waals surface area contributed by atoms with Gasteiger partial charge in [-0.25, -0.2) is 0 Å². The van der Waals surface area contributed by atoms with Crippen molar-refractivity contribution in [2.45, 2.75) is 13.8 Å². The SMILES string of the molecule is CC(=O)O.C[c-]1oo1.[Fe]. The standard InChI is InChI=1S/C2H3O2.C2H4O2.Fe/c1-2-3-4-2;1-2(3)4;/h1H3;1H3,(H,3,4);/q-1;;. The topological polar surface area (TPSA) is 63.6 Å². The summed E-state index contributed by atoms with van der Waals surface area (Å²) in [6.45, 7) is 2.83. The maximum atomic E-state index is 9.00. The molecule has 0 saturated carbocycles. The molecule has 1 aromatic heterocycles. The predicted molar refractivity (Wildman–Crippen MR) is 24.6 cm³/mol. The van der Waals surface area contributed by atoms with Gasteiger partial charge in [0.15, 0.2) is 0 Å². The van der Waals surface area contributed by atoms with Gasteiger partial charge in [0.05, 0.1) is 0 Å². The Kier molecular flexibility index (Phi) is 7.01. The molecule has 9 heavy (non-hydrogen) atoms. The Morgan fingerprint density at radius 1 is 1.56 bits per heavy atom. The molecule has 0 aliphatic rings. The summed E-state index contributed by atoms with van der Waals surface area (Å²) in [5, 5.41) is 7.42. The summed E-state index contributed by atoms with van der Waals surface area (Å²) in [5.41, 5.74) is 0. The first-order valence-corrected chi connectivity index (χ1v) is 2.00. The van der Waals surface area contributed by atoms with Gasteiger partial charge in [-0.2, -0.15) is 0 Å². The van der Waals surface area contributed by atoms with Gasteiger partial charge in [-0.05, 0) is 0 Å². The Labute approximate surface area is 62.6 Å². The van der Waals surface area contributed by atoms with Gasteiger partial charge in [-0.1, -0.05) is 0 Å². The second-order valence-corrected chi connectivity index (χ2v) is 1.18. The van der Waals surface area contributed by atoms with Gasteiger partial charge in [0.25, 0.3) is 5.97 Å². The van der Waals surface area contributed by atoms with Crippen molar-refractivity contribution in [1.82, 2.24) is 0 Å². The molecular formula is C4H7FeO4-. The molecular weight excluding hydrogens is 168 g/mol. The molecule has 0 aliphatic heterocycles. The van der Waals surface area contributed by atoms with E-state index in [-0.39, 0.29) is 17.1 Å². The fraction of sp³-hybridized carbons (Fsp3) is 0.500. The van der Waals surface area contributed by atoms with Crippen LogP contribution in [0.3, 0.4) is 0 Å². The van der Waals surface area contributed by atoms with Crippen molar-refractivity contribution >= 4 is 5.97 Å². The first kappa shape index (κ1) is 11.3. The van der Waals surface area contributed by atoms with E-state index in [2.05, 4.69) is 9.15 Å². The average Bonchev–Trinajstić information content (AvgIpc) is 2.19. The van der Waals surface area contributed by atoms with Crippen LogP contribution in [0, 0.1) is 6.92 Å². The third kappa shape index (κ3) is 36.8. The monoisotopic (exact) mass is 175 g/mol. The minimum absolute atomic E-state index is 0. The molecule has 0 bridgehead atoms. The van der Waals surface area contributed by atoms with Gasteiger partial charge in [0, 0.05) is 29.9 Å². The molecule has 0 atom stereocenters. The second-order valence-electron chi connectivity index (χ2n) is 1.18. The molecule has 5 heteroatoms. The zero-order valence-corrected chi connectivity index (χ0v) is 6.13. The van der Waals surface area contributed by atoms with Crippen LogP contribution in [0.1, 0.15) is 12.9 Å². The number of carboxylic acid groups (broad SMARTS) is 1. The summed E-state index contributed by atoms with van der Waals surface area (Å²) in [5.74, 6) is -0.167. The van der Waals surface area contributed by atoms with Crippen LogP contribution in [0.5, 0.6) is 0 Å². The first-order valence-electron chi connectivity index (χ1n) is 2.00. The van der Waals surface area contributed by atoms with Crippen molar-refractivity contribution in [3.63, 3.8) is 0 Å². The molecule has 0 spiro atoms. The van der Waals surface area contributed by atoms with Crippen molar-refractivity contribution in [2.75, 3.05) is 0 Å². The van der Waals surface area contributed by atoms with Gasteiger partial charge in [-0.3, -0.25) is 4.79 Å². The molecule has 1 N–H and O–H groups in total. The van der Waals surface area contributed by atoms with E-state index in [0.29, 0.717) is 5.96 Å². The number of hydrogen-bond donors (Lipinski definition) is 1. The van der Waals surface area contributed by atoms with Crippen LogP contribution in [0.4, 0.5) is 0 Å². The summed E-state index contributed by atoms with van der Waals surface area (Å²) in [6, 6.07) is 0. The number of aryl methyl sites for hydroxylation is 1. The number of rotatable bonds is 0. The molecule has 1 rings (SSSR count). The summed E-state index contributed by atoms with van der Waals surface area (Å²) < 4.78 is 8.25. The van der Waals surface area contributed by atoms with Crippen LogP contribution in [0.25, 0.3) is 0 Å². The normalized spacial score (nSPS) is 6.89. The van der Waals surface area contributed by atoms with Crippen LogP contribution >= 0.6 is 0 Å². The van der Waals surface area contributed by atoms with Crippen molar-refractivity contribution in [1.29, 1.82) is 0 Å². The largest absolute Gasteiger partial charge is 0.481 e. The van der Waals surface area contributed by atoms with Crippen molar-refractivity contribution < 1.29 is 36.1 Å². The Bertz CT molecular complexity index is 126. The third-order valence-electron chi connectivity index (χ3n) is 0.250. The van der Waals surface area contributed by atoms with E-state index in [1.54, 1.807) is 6.92 Å². The fourth-order valence-corrected chi connectivity index (χ4v) is 0.0417. The van der Waals surface area contributed by atoms with Crippen LogP contribution in [0.2, 0.25) is 0 Å². The maximum absolute atomic E-state index is 9.00. The minimum atomic E-state index is -0.833. The molecule has 0 radical (unpaired) electrons. The van der Waals surface area contributed by atoms with Crippen LogP contribution < -0.4 is 0 Å². The van der Waals surface area contributed by atoms with Gasteiger partial charge in [-0.15, -0.1) is 6.92 Å². The molecule has 0 aliphatic carbocycles. The van der Waals surface area contributed by atoms with E-state index < -0.39 is 5.97 Å². The Morgan fingerprint density at radius 3 is 1.67 bits per heavy atom. The van der Waals surface area contributed by atoms with Gasteiger partial charge in [0.2, 0.25) is 0 Å². The molecule has 0 aromatic carbocycles. The number of carbonyl (C=O) groups is 1. The van der Waals surface area contributed by atoms with Gasteiger partial charge >= 0.3 is 0 Å². The minimum Gasteiger partial charge on any atom is -0.481 e. The van der Waals surface area contributed by atoms with E-state index in [1.807, 2.05) is 0 Å². The van der Waals surface area contributed by atoms with Crippen LogP contribution in [0.15, 0.2) is 9.15 Å². The van der Waals surface area contributed by atoms with Crippen molar-refractivity contribution in [2.24, 2.45) is 0 Å². The summed E-state index contributed by atoms with van der Waals surface area (Å²) in [7, 11) is 0. The van der Waals surface area contributed by atoms with Gasteiger partial charge in [0.1, 0.15) is 0 Å². The smallest absolute Gasteiger partial charge is 0.300 e. The maximum Gasteiger partial charge on any atom is 0.300 e. The summed E-state index contributed by atoms with van der Waals surface area (Å²) in [6.07, 6.45) is 0. The predicted octanol–water partition coefficient (Wildman–Crippen LogP) is 0.988. The van der Waals surface area contributed by atoms with Crippen LogP contribution in [-0.4, -0.2) is 11.1 Å². The Hall–Kier alpha value is -0.541. The number of hydrogen-bond acceptors (Lipinski definition) is 3. The summed E-state index contributed by atoms with van der Waals surface area (Å²) in [4.78, 5) is 9.00. The fourth-order valence-electron chi connectivity index (χ4n) is 0.0417. The van der Waals surface area contributed by atoms with Crippen LogP contribution in [-0.2, 0) is 21.9 Å². The molecule has 0 fully saturated rings. The van der Waals surface area contributed by atoms with Crippen molar-refractivity contribution in [3.8, 4) is 0 Å². The number of aliphatic carboxylic acids is 1. The quantitative estimate of drug-likeness (QED) is 0.362. The van der Waals surface area contributed by atoms with E-state index in [9.17, 15) is 0 Å². The number of carboxylic acids is 1. The Balaban J connectivity index is 0. The molecule has 0 amide bonds. The Morgan fingerprint density at radius 2 is 1.67 bits per heavy atom. The molecule has 0 saturated heterocycles. The van der Waals surface area contributed by atoms with E-state index in [1.165, 1.54) is 0 Å². The molecule has 1 heterocycles. The van der Waals surface area contributed by atoms with Crippen molar-refractivity contribution in [3.05, 3.63) is 5.96 Å². The van der Waals surface area contributed by atoms with E-state index in [4.69, 9.17) is 9.90 Å². The van der Waals surface area contributed by atoms with Gasteiger partial charge < -0.3 is 14.3 Å². The van der Waals surface area contributed by atoms with E-state index >= 15 is 0 Å². The average molecular weight is 175 g/mol. The molecule has 0 unspecified atom stereocenters. The molecule has 1 aromatic rings. The second kappa shape index (κ2) is 5.59. The third-order valence-corrected chi connectivity index (χ3v) is 0.250. The zero-order chi connectivity index (χ0) is 6.57. The molecule has 4 nitrogen and oxygen atoms in total. The molecule has 56 valence electrons.